The Kier molecular flexibility index (Phi) is 7.43. The van der Waals surface area contributed by atoms with Crippen molar-refractivity contribution in [3.05, 3.63) is 77.7 Å². The molecule has 0 spiro atoms. The van der Waals surface area contributed by atoms with Crippen LogP contribution in [-0.2, 0) is 0 Å². The van der Waals surface area contributed by atoms with Crippen LogP contribution in [0.1, 0.15) is 41.7 Å². The number of piperidine rings is 1. The number of nitrogens with zero attached hydrogens (tertiary/aromatic N) is 2. The zero-order valence-electron chi connectivity index (χ0n) is 19.8. The summed E-state index contributed by atoms with van der Waals surface area (Å²) in [4.78, 5) is 19.5. The first-order valence-electron chi connectivity index (χ1n) is 11.5. The molecule has 6 nitrogen and oxygen atoms in total. The molecule has 1 unspecified atom stereocenters. The summed E-state index contributed by atoms with van der Waals surface area (Å²) in [7, 11) is 3.32. The van der Waals surface area contributed by atoms with Gasteiger partial charge in [0.05, 0.1) is 25.5 Å². The van der Waals surface area contributed by atoms with Gasteiger partial charge in [-0.15, -0.1) is 0 Å². The average Bonchev–Trinajstić information content (AvgIpc) is 2.88. The molecule has 2 aromatic carbocycles. The quantitative estimate of drug-likeness (QED) is 0.542. The molecule has 1 fully saturated rings. The molecule has 0 aliphatic carbocycles. The van der Waals surface area contributed by atoms with Crippen molar-refractivity contribution in [2.75, 3.05) is 27.3 Å². The van der Waals surface area contributed by atoms with Gasteiger partial charge in [-0.25, -0.2) is 4.39 Å². The van der Waals surface area contributed by atoms with E-state index in [9.17, 15) is 9.18 Å². The highest BCUT2D eigenvalue weighted by Crippen LogP contribution is 2.33. The topological polar surface area (TPSA) is 63.7 Å². The van der Waals surface area contributed by atoms with Crippen LogP contribution in [0.15, 0.2) is 60.8 Å². The molecule has 1 aliphatic heterocycles. The van der Waals surface area contributed by atoms with E-state index in [1.54, 1.807) is 44.7 Å². The van der Waals surface area contributed by atoms with Crippen molar-refractivity contribution in [2.24, 2.45) is 0 Å². The molecule has 7 heteroatoms. The molecule has 1 aliphatic rings. The van der Waals surface area contributed by atoms with Crippen molar-refractivity contribution in [1.29, 1.82) is 0 Å². The van der Waals surface area contributed by atoms with Crippen LogP contribution in [0, 0.1) is 5.82 Å². The fraction of sp³-hybridized carbons (Fsp3) is 0.333. The highest BCUT2D eigenvalue weighted by molar-refractivity contribution is 5.94. The van der Waals surface area contributed by atoms with Crippen molar-refractivity contribution < 1.29 is 18.7 Å². The van der Waals surface area contributed by atoms with Crippen molar-refractivity contribution in [2.45, 2.75) is 31.8 Å². The molecule has 1 N–H and O–H groups in total. The Hall–Kier alpha value is -3.45. The lowest BCUT2D eigenvalue weighted by Crippen LogP contribution is -2.45. The summed E-state index contributed by atoms with van der Waals surface area (Å²) >= 11 is 0. The largest absolute Gasteiger partial charge is 0.497 e. The van der Waals surface area contributed by atoms with Gasteiger partial charge in [0.1, 0.15) is 17.3 Å². The fourth-order valence-corrected chi connectivity index (χ4v) is 4.41. The summed E-state index contributed by atoms with van der Waals surface area (Å²) in [6.07, 6.45) is 3.27. The van der Waals surface area contributed by atoms with Crippen LogP contribution in [0.3, 0.4) is 0 Å². The number of hydrogen-bond donors (Lipinski definition) is 1. The number of ether oxygens (including phenoxy) is 2. The van der Waals surface area contributed by atoms with Gasteiger partial charge in [-0.1, -0.05) is 18.2 Å². The molecule has 2 heterocycles. The summed E-state index contributed by atoms with van der Waals surface area (Å²) in [5.74, 6) is 1.14. The van der Waals surface area contributed by atoms with Crippen LogP contribution in [0.25, 0.3) is 11.3 Å². The predicted octanol–water partition coefficient (Wildman–Crippen LogP) is 4.86. The number of amides is 1. The number of carbonyl (C=O) groups is 1. The summed E-state index contributed by atoms with van der Waals surface area (Å²) in [6.45, 7) is 3.92. The maximum atomic E-state index is 13.5. The number of likely N-dealkylation sites (tertiary alicyclic amines) is 1. The molecule has 3 aromatic rings. The molecular weight excluding hydrogens is 433 g/mol. The lowest BCUT2D eigenvalue weighted by Gasteiger charge is -2.36. The molecule has 34 heavy (non-hydrogen) atoms. The van der Waals surface area contributed by atoms with Crippen LogP contribution in [-0.4, -0.2) is 49.1 Å². The number of pyridine rings is 1. The van der Waals surface area contributed by atoms with E-state index in [1.807, 2.05) is 12.1 Å². The molecule has 4 rings (SSSR count). The van der Waals surface area contributed by atoms with Gasteiger partial charge in [-0.2, -0.15) is 0 Å². The van der Waals surface area contributed by atoms with E-state index < -0.39 is 0 Å². The Bertz CT molecular complexity index is 1130. The normalized spacial score (nSPS) is 15.5. The highest BCUT2D eigenvalue weighted by Gasteiger charge is 2.26. The monoisotopic (exact) mass is 463 g/mol. The lowest BCUT2D eigenvalue weighted by molar-refractivity contribution is 0.0895. The van der Waals surface area contributed by atoms with Gasteiger partial charge < -0.3 is 14.8 Å². The van der Waals surface area contributed by atoms with Gasteiger partial charge in [0.25, 0.3) is 5.91 Å². The molecule has 1 atom stereocenters. The van der Waals surface area contributed by atoms with Crippen LogP contribution >= 0.6 is 0 Å². The predicted molar refractivity (Wildman–Crippen MR) is 130 cm³/mol. The fourth-order valence-electron chi connectivity index (χ4n) is 4.41. The summed E-state index contributed by atoms with van der Waals surface area (Å²) in [5, 5.41) is 3.13. The third-order valence-electron chi connectivity index (χ3n) is 6.45. The van der Waals surface area contributed by atoms with Gasteiger partial charge in [0.2, 0.25) is 0 Å². The van der Waals surface area contributed by atoms with E-state index in [4.69, 9.17) is 9.47 Å². The van der Waals surface area contributed by atoms with Crippen LogP contribution in [0.4, 0.5) is 4.39 Å². The molecular formula is C27H30FN3O3. The van der Waals surface area contributed by atoms with E-state index in [1.165, 1.54) is 12.1 Å². The van der Waals surface area contributed by atoms with Crippen molar-refractivity contribution >= 4 is 5.91 Å². The number of benzene rings is 2. The zero-order valence-corrected chi connectivity index (χ0v) is 19.8. The molecule has 1 aromatic heterocycles. The number of hydrogen-bond acceptors (Lipinski definition) is 5. The third kappa shape index (κ3) is 5.37. The molecule has 0 saturated carbocycles. The number of halogens is 1. The molecule has 178 valence electrons. The van der Waals surface area contributed by atoms with Crippen LogP contribution < -0.4 is 14.8 Å². The van der Waals surface area contributed by atoms with E-state index in [0.29, 0.717) is 16.8 Å². The highest BCUT2D eigenvalue weighted by atomic mass is 19.1. The zero-order chi connectivity index (χ0) is 24.1. The smallest absolute Gasteiger partial charge is 0.253 e. The standard InChI is InChI=1S/C27H30FN3O3/c1-18(24-9-8-23(33-2)16-26(24)34-3)31-13-11-22(12-14-31)30-27(32)20-7-10-25(29-17-20)19-5-4-6-21(28)15-19/h4-10,15-18,22H,11-14H2,1-3H3,(H,30,32). The van der Waals surface area contributed by atoms with Crippen LogP contribution in [0.5, 0.6) is 11.5 Å². The van der Waals surface area contributed by atoms with E-state index in [-0.39, 0.29) is 23.8 Å². The first-order chi connectivity index (χ1) is 16.5. The summed E-state index contributed by atoms with van der Waals surface area (Å²) in [5.41, 5.74) is 2.93. The number of carbonyl (C=O) groups excluding carboxylic acids is 1. The molecule has 1 amide bonds. The molecule has 0 bridgehead atoms. The van der Waals surface area contributed by atoms with Crippen molar-refractivity contribution in [3.63, 3.8) is 0 Å². The van der Waals surface area contributed by atoms with Crippen molar-refractivity contribution in [1.82, 2.24) is 15.2 Å². The second-order valence-electron chi connectivity index (χ2n) is 8.51. The minimum atomic E-state index is -0.313. The number of nitrogens with one attached hydrogen (secondary N) is 1. The minimum Gasteiger partial charge on any atom is -0.497 e. The number of rotatable bonds is 7. The van der Waals surface area contributed by atoms with Gasteiger partial charge in [-0.3, -0.25) is 14.7 Å². The third-order valence-corrected chi connectivity index (χ3v) is 6.45. The first-order valence-corrected chi connectivity index (χ1v) is 11.5. The van der Waals surface area contributed by atoms with Gasteiger partial charge in [-0.05, 0) is 50.1 Å². The molecule has 1 saturated heterocycles. The van der Waals surface area contributed by atoms with Crippen LogP contribution in [0.2, 0.25) is 0 Å². The Balaban J connectivity index is 1.33. The van der Waals surface area contributed by atoms with E-state index >= 15 is 0 Å². The number of methoxy groups -OCH3 is 2. The summed E-state index contributed by atoms with van der Waals surface area (Å²) in [6, 6.07) is 16.0. The van der Waals surface area contributed by atoms with E-state index in [2.05, 4.69) is 28.2 Å². The molecule has 0 radical (unpaired) electrons. The second-order valence-corrected chi connectivity index (χ2v) is 8.51. The Morgan fingerprint density at radius 3 is 2.53 bits per heavy atom. The average molecular weight is 464 g/mol. The Morgan fingerprint density at radius 2 is 1.88 bits per heavy atom. The van der Waals surface area contributed by atoms with Crippen molar-refractivity contribution in [3.8, 4) is 22.8 Å². The summed E-state index contributed by atoms with van der Waals surface area (Å²) < 4.78 is 24.3. The van der Waals surface area contributed by atoms with Gasteiger partial charge >= 0.3 is 0 Å². The SMILES string of the molecule is COc1ccc(C(C)N2CCC(NC(=O)c3ccc(-c4cccc(F)c4)nc3)CC2)c(OC)c1. The second kappa shape index (κ2) is 10.7. The van der Waals surface area contributed by atoms with Gasteiger partial charge in [0, 0.05) is 48.6 Å². The van der Waals surface area contributed by atoms with E-state index in [0.717, 1.165) is 43.0 Å². The maximum Gasteiger partial charge on any atom is 0.253 e. The minimum absolute atomic E-state index is 0.108. The Morgan fingerprint density at radius 1 is 1.09 bits per heavy atom. The van der Waals surface area contributed by atoms with Gasteiger partial charge in [0.15, 0.2) is 0 Å². The number of aromatic nitrogens is 1. The first kappa shape index (κ1) is 23.7. The maximum absolute atomic E-state index is 13.5. The lowest BCUT2D eigenvalue weighted by atomic mass is 9.99. The Labute approximate surface area is 199 Å².